The van der Waals surface area contributed by atoms with Gasteiger partial charge in [-0.2, -0.15) is 0 Å². The van der Waals surface area contributed by atoms with Crippen LogP contribution in [0.15, 0.2) is 72.8 Å². The van der Waals surface area contributed by atoms with E-state index in [-0.39, 0.29) is 5.56 Å². The number of aromatic carboxylic acids is 1. The van der Waals surface area contributed by atoms with Crippen LogP contribution in [-0.4, -0.2) is 16.1 Å². The van der Waals surface area contributed by atoms with E-state index in [1.807, 2.05) is 61.5 Å². The summed E-state index contributed by atoms with van der Waals surface area (Å²) in [5, 5.41) is 11.7. The maximum absolute atomic E-state index is 12.3. The average Bonchev–Trinajstić information content (AvgIpc) is 3.14. The van der Waals surface area contributed by atoms with Gasteiger partial charge in [-0.3, -0.25) is 0 Å². The number of thiophene rings is 1. The third-order valence-corrected chi connectivity index (χ3v) is 6.71. The number of pyridine rings is 1. The van der Waals surface area contributed by atoms with Gasteiger partial charge in [0.1, 0.15) is 12.4 Å². The van der Waals surface area contributed by atoms with Crippen LogP contribution in [-0.2, 0) is 6.61 Å². The summed E-state index contributed by atoms with van der Waals surface area (Å²) in [5.74, 6) is -0.469. The number of aromatic nitrogens is 1. The van der Waals surface area contributed by atoms with Crippen molar-refractivity contribution in [3.05, 3.63) is 94.4 Å². The lowest BCUT2D eigenvalue weighted by molar-refractivity contribution is 0.0698. The lowest BCUT2D eigenvalue weighted by atomic mass is 10.00. The Kier molecular flexibility index (Phi) is 5.11. The molecule has 0 unspecified atom stereocenters. The molecule has 2 aromatic heterocycles. The highest BCUT2D eigenvalue weighted by atomic mass is 32.1. The SMILES string of the molecule is Cc1sc2ccccc2c1-c1cc(C(=O)O)c2c(OCc3ccccc3)ccc(C)c2n1. The summed E-state index contributed by atoms with van der Waals surface area (Å²) in [7, 11) is 0. The zero-order chi connectivity index (χ0) is 22.2. The minimum absolute atomic E-state index is 0.200. The van der Waals surface area contributed by atoms with Crippen molar-refractivity contribution in [2.45, 2.75) is 20.5 Å². The minimum atomic E-state index is -0.994. The molecule has 0 saturated carbocycles. The van der Waals surface area contributed by atoms with E-state index in [2.05, 4.69) is 19.1 Å². The highest BCUT2D eigenvalue weighted by Crippen LogP contribution is 2.40. The number of hydrogen-bond donors (Lipinski definition) is 1. The first-order valence-corrected chi connectivity index (χ1v) is 11.2. The zero-order valence-electron chi connectivity index (χ0n) is 17.8. The predicted molar refractivity (Wildman–Crippen MR) is 130 cm³/mol. The van der Waals surface area contributed by atoms with E-state index in [1.54, 1.807) is 17.4 Å². The van der Waals surface area contributed by atoms with E-state index in [0.29, 0.717) is 29.0 Å². The number of ether oxygens (including phenoxy) is 1. The fourth-order valence-corrected chi connectivity index (χ4v) is 5.15. The van der Waals surface area contributed by atoms with Gasteiger partial charge in [0.2, 0.25) is 0 Å². The number of carboxylic acids is 1. The molecule has 0 aliphatic carbocycles. The van der Waals surface area contributed by atoms with Crippen molar-refractivity contribution >= 4 is 38.3 Å². The van der Waals surface area contributed by atoms with Crippen molar-refractivity contribution in [2.24, 2.45) is 0 Å². The molecule has 4 nitrogen and oxygen atoms in total. The van der Waals surface area contributed by atoms with Crippen LogP contribution in [0.1, 0.15) is 26.4 Å². The molecule has 5 heteroatoms. The van der Waals surface area contributed by atoms with Crippen LogP contribution >= 0.6 is 11.3 Å². The molecule has 0 aliphatic rings. The van der Waals surface area contributed by atoms with Crippen molar-refractivity contribution in [1.82, 2.24) is 4.98 Å². The maximum atomic E-state index is 12.3. The van der Waals surface area contributed by atoms with Crippen LogP contribution in [0.4, 0.5) is 0 Å². The van der Waals surface area contributed by atoms with Crippen molar-refractivity contribution in [3.63, 3.8) is 0 Å². The molecule has 5 aromatic rings. The van der Waals surface area contributed by atoms with Crippen LogP contribution < -0.4 is 4.74 Å². The number of fused-ring (bicyclic) bond motifs is 2. The summed E-state index contributed by atoms with van der Waals surface area (Å²) in [6.07, 6.45) is 0. The van der Waals surface area contributed by atoms with E-state index in [0.717, 1.165) is 31.7 Å². The normalized spacial score (nSPS) is 11.2. The molecule has 32 heavy (non-hydrogen) atoms. The first-order valence-electron chi connectivity index (χ1n) is 10.4. The molecule has 1 N–H and O–H groups in total. The topological polar surface area (TPSA) is 59.4 Å². The van der Waals surface area contributed by atoms with Gasteiger partial charge in [-0.1, -0.05) is 54.6 Å². The number of rotatable bonds is 5. The Hall–Kier alpha value is -3.70. The fraction of sp³-hybridized carbons (Fsp3) is 0.111. The van der Waals surface area contributed by atoms with E-state index < -0.39 is 5.97 Å². The molecule has 0 saturated heterocycles. The second-order valence-corrected chi connectivity index (χ2v) is 9.02. The van der Waals surface area contributed by atoms with Gasteiger partial charge in [-0.25, -0.2) is 9.78 Å². The Morgan fingerprint density at radius 3 is 2.53 bits per heavy atom. The first kappa shape index (κ1) is 20.2. The molecule has 0 amide bonds. The number of carbonyl (C=O) groups is 1. The molecule has 3 aromatic carbocycles. The smallest absolute Gasteiger partial charge is 0.336 e. The van der Waals surface area contributed by atoms with Gasteiger partial charge in [0.05, 0.1) is 22.2 Å². The summed E-state index contributed by atoms with van der Waals surface area (Å²) in [6.45, 7) is 4.36. The molecular formula is C27H21NO3S. The Bertz CT molecular complexity index is 1470. The van der Waals surface area contributed by atoms with E-state index in [4.69, 9.17) is 9.72 Å². The van der Waals surface area contributed by atoms with Crippen molar-refractivity contribution in [2.75, 3.05) is 0 Å². The maximum Gasteiger partial charge on any atom is 0.336 e. The highest BCUT2D eigenvalue weighted by Gasteiger charge is 2.21. The van der Waals surface area contributed by atoms with Gasteiger partial charge in [-0.05, 0) is 43.2 Å². The van der Waals surface area contributed by atoms with Gasteiger partial charge in [0.15, 0.2) is 0 Å². The predicted octanol–water partition coefficient (Wildman–Crippen LogP) is 7.01. The molecular weight excluding hydrogens is 418 g/mol. The van der Waals surface area contributed by atoms with Crippen molar-refractivity contribution in [3.8, 4) is 17.0 Å². The lowest BCUT2D eigenvalue weighted by Crippen LogP contribution is -2.04. The molecule has 0 atom stereocenters. The van der Waals surface area contributed by atoms with E-state index >= 15 is 0 Å². The standard InChI is InChI=1S/C27H21NO3S/c1-16-12-13-22(31-15-18-8-4-3-5-9-18)25-20(27(29)30)14-21(28-26(16)25)24-17(2)32-23-11-7-6-10-19(23)24/h3-14H,15H2,1-2H3,(H,29,30). The third-order valence-electron chi connectivity index (χ3n) is 5.62. The van der Waals surface area contributed by atoms with Crippen molar-refractivity contribution in [1.29, 1.82) is 0 Å². The zero-order valence-corrected chi connectivity index (χ0v) is 18.6. The molecule has 0 radical (unpaired) electrons. The Labute approximate surface area is 189 Å². The van der Waals surface area contributed by atoms with Gasteiger partial charge < -0.3 is 9.84 Å². The van der Waals surface area contributed by atoms with Crippen LogP contribution in [0.2, 0.25) is 0 Å². The first-order chi connectivity index (χ1) is 15.5. The monoisotopic (exact) mass is 439 g/mol. The second kappa shape index (κ2) is 8.09. The van der Waals surface area contributed by atoms with E-state index in [1.165, 1.54) is 0 Å². The number of nitrogens with zero attached hydrogens (tertiary/aromatic N) is 1. The minimum Gasteiger partial charge on any atom is -0.488 e. The summed E-state index contributed by atoms with van der Waals surface area (Å²) in [5.41, 5.74) is 4.45. The van der Waals surface area contributed by atoms with Crippen LogP contribution in [0.3, 0.4) is 0 Å². The molecule has 158 valence electrons. The Morgan fingerprint density at radius 1 is 1.00 bits per heavy atom. The lowest BCUT2D eigenvalue weighted by Gasteiger charge is -2.14. The highest BCUT2D eigenvalue weighted by molar-refractivity contribution is 7.19. The fourth-order valence-electron chi connectivity index (χ4n) is 4.08. The Morgan fingerprint density at radius 2 is 1.75 bits per heavy atom. The summed E-state index contributed by atoms with van der Waals surface area (Å²) < 4.78 is 7.24. The van der Waals surface area contributed by atoms with Crippen LogP contribution in [0, 0.1) is 13.8 Å². The number of aryl methyl sites for hydroxylation is 2. The van der Waals surface area contributed by atoms with Crippen molar-refractivity contribution < 1.29 is 14.6 Å². The number of hydrogen-bond acceptors (Lipinski definition) is 4. The third kappa shape index (κ3) is 3.51. The van der Waals surface area contributed by atoms with Crippen LogP contribution in [0.5, 0.6) is 5.75 Å². The second-order valence-electron chi connectivity index (χ2n) is 7.77. The molecule has 5 rings (SSSR count). The van der Waals surface area contributed by atoms with Gasteiger partial charge in [-0.15, -0.1) is 11.3 Å². The molecule has 0 spiro atoms. The summed E-state index contributed by atoms with van der Waals surface area (Å²) in [4.78, 5) is 18.4. The van der Waals surface area contributed by atoms with Gasteiger partial charge in [0.25, 0.3) is 0 Å². The molecule has 2 heterocycles. The summed E-state index contributed by atoms with van der Waals surface area (Å²) >= 11 is 1.69. The number of carboxylic acid groups (broad SMARTS) is 1. The number of benzene rings is 3. The molecule has 0 fully saturated rings. The quantitative estimate of drug-likeness (QED) is 0.320. The van der Waals surface area contributed by atoms with Gasteiger partial charge >= 0.3 is 5.97 Å². The summed E-state index contributed by atoms with van der Waals surface area (Å²) in [6, 6.07) is 23.4. The van der Waals surface area contributed by atoms with E-state index in [9.17, 15) is 9.90 Å². The Balaban J connectivity index is 1.71. The largest absolute Gasteiger partial charge is 0.488 e. The van der Waals surface area contributed by atoms with Crippen LogP contribution in [0.25, 0.3) is 32.2 Å². The molecule has 0 aliphatic heterocycles. The van der Waals surface area contributed by atoms with Gasteiger partial charge in [0, 0.05) is 20.5 Å². The average molecular weight is 440 g/mol. The molecule has 0 bridgehead atoms.